The number of hydrogen-bond donors (Lipinski definition) is 7. The molecule has 2 amide bonds. The number of rotatable bonds is 30. The molecule has 3 saturated heterocycles. The van der Waals surface area contributed by atoms with Crippen LogP contribution in [0.25, 0.3) is 33.5 Å². The van der Waals surface area contributed by atoms with Crippen molar-refractivity contribution >= 4 is 63.9 Å². The number of aliphatic hydroxyl groups excluding tert-OH is 1. The number of aromatic amines is 1. The van der Waals surface area contributed by atoms with Gasteiger partial charge in [-0.1, -0.05) is 24.2 Å². The van der Waals surface area contributed by atoms with Gasteiger partial charge in [-0.3, -0.25) is 43.6 Å². The molecule has 3 fully saturated rings. The number of halogens is 2. The third-order valence-corrected chi connectivity index (χ3v) is 15.6. The van der Waals surface area contributed by atoms with E-state index < -0.39 is 23.9 Å². The summed E-state index contributed by atoms with van der Waals surface area (Å²) >= 11 is 6.41. The Balaban J connectivity index is 0.774. The zero-order valence-corrected chi connectivity index (χ0v) is 49.9. The average molecular weight is 1220 g/mol. The smallest absolute Gasteiger partial charge is 0.320 e. The van der Waals surface area contributed by atoms with Crippen molar-refractivity contribution in [2.24, 2.45) is 5.73 Å². The Morgan fingerprint density at radius 3 is 1.90 bits per heavy atom. The number of aromatic nitrogens is 3. The maximum Gasteiger partial charge on any atom is 0.320 e. The number of piperazine rings is 1. The number of hydrogen-bond acceptors (Lipinski definition) is 19. The van der Waals surface area contributed by atoms with E-state index in [1.807, 2.05) is 47.2 Å². The number of ether oxygens (including phenoxy) is 4. The lowest BCUT2D eigenvalue weighted by Crippen LogP contribution is -2.51. The number of anilines is 2. The van der Waals surface area contributed by atoms with Gasteiger partial charge in [-0.2, -0.15) is 0 Å². The van der Waals surface area contributed by atoms with Crippen LogP contribution in [-0.2, 0) is 42.9 Å². The van der Waals surface area contributed by atoms with Gasteiger partial charge in [0, 0.05) is 127 Å². The van der Waals surface area contributed by atoms with Crippen molar-refractivity contribution in [2.75, 3.05) is 180 Å². The Labute approximate surface area is 505 Å². The molecule has 0 saturated carbocycles. The molecule has 8 N–H and O–H groups in total. The second-order valence-corrected chi connectivity index (χ2v) is 22.3. The minimum absolute atomic E-state index is 0.0143. The number of carboxylic acids is 3. The molecular formula is C59H84ClFN12O13. The molecule has 2 aromatic heterocycles. The van der Waals surface area contributed by atoms with E-state index >= 15 is 4.39 Å². The topological polar surface area (TPSA) is 305 Å². The van der Waals surface area contributed by atoms with E-state index in [4.69, 9.17) is 46.3 Å². The summed E-state index contributed by atoms with van der Waals surface area (Å²) in [7, 11) is 0. The second-order valence-electron chi connectivity index (χ2n) is 21.8. The van der Waals surface area contributed by atoms with Crippen LogP contribution in [0.15, 0.2) is 54.9 Å². The van der Waals surface area contributed by atoms with E-state index in [1.54, 1.807) is 20.8 Å². The lowest BCUT2D eigenvalue weighted by atomic mass is 9.96. The number of aliphatic hydroxyl groups is 1. The maximum absolute atomic E-state index is 15.0. The van der Waals surface area contributed by atoms with Crippen LogP contribution in [0.1, 0.15) is 37.7 Å². The average Bonchev–Trinajstić information content (AvgIpc) is 1.45. The van der Waals surface area contributed by atoms with Crippen LogP contribution in [0.2, 0.25) is 5.02 Å². The SMILES string of the molecule is C=C(O)CN1CCN(CC(=O)O)CCN(C(CCC(=O)NCCOCCOCCOCCOCCC(=O)N2CCN(c3ncc(-c4cc(C)cc(F)c4)c(N4CCC(N)CC4)c3-c3nc4cc(Cl)ccc4[nH]3)CC2)C(=O)O)CCN(CC(=O)O)CC1. The van der Waals surface area contributed by atoms with Gasteiger partial charge in [0.2, 0.25) is 11.8 Å². The Morgan fingerprint density at radius 1 is 0.733 bits per heavy atom. The Bertz CT molecular complexity index is 2840. The van der Waals surface area contributed by atoms with Crippen molar-refractivity contribution in [3.05, 3.63) is 71.3 Å². The summed E-state index contributed by atoms with van der Waals surface area (Å²) in [4.78, 5) is 89.1. The number of aryl methyl sites for hydroxylation is 1. The third kappa shape index (κ3) is 21.1. The largest absolute Gasteiger partial charge is 0.512 e. The molecule has 27 heteroatoms. The lowest BCUT2D eigenvalue weighted by molar-refractivity contribution is -0.145. The molecule has 1 atom stereocenters. The molecule has 86 heavy (non-hydrogen) atoms. The summed E-state index contributed by atoms with van der Waals surface area (Å²) in [5.74, 6) is -2.73. The summed E-state index contributed by atoms with van der Waals surface area (Å²) in [6.45, 7) is 12.9. The van der Waals surface area contributed by atoms with Crippen LogP contribution in [0, 0.1) is 12.7 Å². The van der Waals surface area contributed by atoms with Gasteiger partial charge in [-0.15, -0.1) is 0 Å². The summed E-state index contributed by atoms with van der Waals surface area (Å²) in [5, 5.41) is 42.5. The van der Waals surface area contributed by atoms with Crippen molar-refractivity contribution in [3.63, 3.8) is 0 Å². The number of carboxylic acid groups (broad SMARTS) is 3. The standard InChI is InChI=1S/C59H84ClFN12O13/c1-41-33-43(35-45(61)34-41)47-37-64-58(55(56(47)72-11-7-46(62)8-12-72)57-65-48-4-3-44(60)36-49(48)66-57)73-23-21-71(22-24-73)52(76)9-25-83-27-29-85-31-32-86-30-28-84-26-10-63-51(75)6-5-50(59(81)82)70-19-17-68(39-53(77)78)15-13-67(38-42(2)74)14-16-69(18-20-70)40-54(79)80/h3-4,33-37,46,50,74H,2,5-32,38-40,62H2,1H3,(H,63,75)(H,65,66)(H,77,78)(H,79,80)(H,81,82). The fourth-order valence-corrected chi connectivity index (χ4v) is 11.1. The van der Waals surface area contributed by atoms with Crippen molar-refractivity contribution in [1.29, 1.82) is 0 Å². The van der Waals surface area contributed by atoms with Crippen molar-refractivity contribution < 1.29 is 67.7 Å². The predicted octanol–water partition coefficient (Wildman–Crippen LogP) is 3.24. The van der Waals surface area contributed by atoms with Gasteiger partial charge >= 0.3 is 17.9 Å². The third-order valence-electron chi connectivity index (χ3n) is 15.4. The van der Waals surface area contributed by atoms with E-state index in [2.05, 4.69) is 26.7 Å². The number of fused-ring (bicyclic) bond motifs is 1. The molecule has 5 heterocycles. The van der Waals surface area contributed by atoms with Crippen LogP contribution < -0.4 is 20.9 Å². The number of nitrogens with zero attached hydrogens (tertiary/aromatic N) is 9. The summed E-state index contributed by atoms with van der Waals surface area (Å²) in [6, 6.07) is 9.53. The summed E-state index contributed by atoms with van der Waals surface area (Å²) < 4.78 is 37.6. The van der Waals surface area contributed by atoms with E-state index in [9.17, 15) is 44.4 Å². The molecule has 7 rings (SSSR count). The molecular weight excluding hydrogens is 1140 g/mol. The van der Waals surface area contributed by atoms with Gasteiger partial charge in [-0.25, -0.2) is 14.4 Å². The molecule has 472 valence electrons. The molecule has 0 spiro atoms. The number of pyridine rings is 1. The molecule has 0 radical (unpaired) electrons. The number of amides is 2. The number of nitrogens with two attached hydrogens (primary N) is 1. The van der Waals surface area contributed by atoms with Crippen molar-refractivity contribution in [3.8, 4) is 22.5 Å². The van der Waals surface area contributed by atoms with E-state index in [0.717, 1.165) is 40.7 Å². The van der Waals surface area contributed by atoms with Gasteiger partial charge in [0.1, 0.15) is 23.5 Å². The first-order chi connectivity index (χ1) is 41.4. The Morgan fingerprint density at radius 2 is 1.31 bits per heavy atom. The number of H-pyrrole nitrogens is 1. The Kier molecular flexibility index (Phi) is 26.5. The van der Waals surface area contributed by atoms with Crippen LogP contribution in [0.5, 0.6) is 0 Å². The minimum atomic E-state index is -1.16. The number of nitrogens with one attached hydrogen (secondary N) is 2. The quantitative estimate of drug-likeness (QED) is 0.0291. The summed E-state index contributed by atoms with van der Waals surface area (Å²) in [5.41, 5.74) is 11.9. The molecule has 1 unspecified atom stereocenters. The first-order valence-corrected chi connectivity index (χ1v) is 29.8. The molecule has 4 aromatic rings. The van der Waals surface area contributed by atoms with E-state index in [0.29, 0.717) is 120 Å². The van der Waals surface area contributed by atoms with Crippen LogP contribution in [0.3, 0.4) is 0 Å². The highest BCUT2D eigenvalue weighted by Gasteiger charge is 2.33. The fraction of sp³-hybridized carbons (Fsp3) is 0.576. The second kappa shape index (κ2) is 34.1. The van der Waals surface area contributed by atoms with Gasteiger partial charge in [0.15, 0.2) is 0 Å². The fourth-order valence-electron chi connectivity index (χ4n) is 10.9. The number of imidazole rings is 1. The number of carbonyl (C=O) groups is 5. The summed E-state index contributed by atoms with van der Waals surface area (Å²) in [6.07, 6.45) is 3.49. The molecule has 0 bridgehead atoms. The number of piperidine rings is 1. The number of aliphatic carboxylic acids is 3. The molecule has 0 aliphatic carbocycles. The molecule has 2 aromatic carbocycles. The highest BCUT2D eigenvalue weighted by atomic mass is 35.5. The minimum Gasteiger partial charge on any atom is -0.512 e. The zero-order valence-electron chi connectivity index (χ0n) is 49.1. The van der Waals surface area contributed by atoms with Gasteiger partial charge in [0.05, 0.1) is 107 Å². The van der Waals surface area contributed by atoms with Gasteiger partial charge in [-0.05, 0) is 67.6 Å². The molecule has 3 aliphatic rings. The molecule has 25 nitrogen and oxygen atoms in total. The normalized spacial score (nSPS) is 17.1. The Hall–Kier alpha value is -6.59. The number of benzene rings is 2. The van der Waals surface area contributed by atoms with Crippen molar-refractivity contribution in [1.82, 2.24) is 44.8 Å². The predicted molar refractivity (Wildman–Crippen MR) is 322 cm³/mol. The molecule has 3 aliphatic heterocycles. The lowest BCUT2D eigenvalue weighted by Gasteiger charge is -2.39. The van der Waals surface area contributed by atoms with Gasteiger partial charge < -0.3 is 70.1 Å². The van der Waals surface area contributed by atoms with E-state index in [1.165, 1.54) is 6.07 Å². The highest BCUT2D eigenvalue weighted by molar-refractivity contribution is 6.31. The number of carbonyl (C=O) groups excluding carboxylic acids is 2. The highest BCUT2D eigenvalue weighted by Crippen LogP contribution is 2.45. The zero-order chi connectivity index (χ0) is 61.5. The first-order valence-electron chi connectivity index (χ1n) is 29.4. The van der Waals surface area contributed by atoms with Crippen molar-refractivity contribution in [2.45, 2.75) is 51.1 Å². The monoisotopic (exact) mass is 1220 g/mol. The first kappa shape index (κ1) is 66.9. The maximum atomic E-state index is 15.0. The van der Waals surface area contributed by atoms with Crippen LogP contribution in [0.4, 0.5) is 15.9 Å². The van der Waals surface area contributed by atoms with Crippen LogP contribution in [-0.4, -0.2) is 272 Å². The van der Waals surface area contributed by atoms with Crippen LogP contribution >= 0.6 is 11.6 Å². The van der Waals surface area contributed by atoms with E-state index in [-0.39, 0.29) is 127 Å². The van der Waals surface area contributed by atoms with Gasteiger partial charge in [0.25, 0.3) is 0 Å².